The molecule has 0 radical (unpaired) electrons. The van der Waals surface area contributed by atoms with Gasteiger partial charge in [0.1, 0.15) is 12.2 Å². The summed E-state index contributed by atoms with van der Waals surface area (Å²) < 4.78 is 12.5. The van der Waals surface area contributed by atoms with Crippen LogP contribution >= 0.6 is 0 Å². The maximum Gasteiger partial charge on any atom is 0.338 e. The number of hydrogen-bond acceptors (Lipinski definition) is 6. The molecule has 1 aromatic carbocycles. The molecule has 9 bridgehead atoms. The normalized spacial score (nSPS) is 55.3. The van der Waals surface area contributed by atoms with Crippen LogP contribution in [0.25, 0.3) is 0 Å². The van der Waals surface area contributed by atoms with Crippen LogP contribution in [-0.4, -0.2) is 58.9 Å². The molecule has 10 rings (SSSR count). The van der Waals surface area contributed by atoms with Gasteiger partial charge in [-0.1, -0.05) is 31.7 Å². The summed E-state index contributed by atoms with van der Waals surface area (Å²) in [7, 11) is 0. The lowest BCUT2D eigenvalue weighted by atomic mass is 9.39. The molecule has 9 fully saturated rings. The van der Waals surface area contributed by atoms with E-state index in [-0.39, 0.29) is 40.1 Å². The van der Waals surface area contributed by atoms with Gasteiger partial charge in [-0.3, -0.25) is 9.69 Å². The van der Waals surface area contributed by atoms with Gasteiger partial charge in [-0.05, 0) is 72.5 Å². The Hall–Kier alpha value is -2.18. The van der Waals surface area contributed by atoms with Crippen molar-refractivity contribution in [1.29, 1.82) is 0 Å². The van der Waals surface area contributed by atoms with Crippen LogP contribution in [0.15, 0.2) is 42.5 Å². The van der Waals surface area contributed by atoms with Crippen molar-refractivity contribution in [2.24, 2.45) is 39.9 Å². The second kappa shape index (κ2) is 6.20. The standard InChI is InChI=1S/C29H33NO5/c1-14-17-9-18-23-29-21(10-17)28(18,24(14)32)11-19-22(29)27(3,13-30(19)23)12-20(25(29)34-15(2)31)35-26(33)16-7-5-4-6-8-16/h4-8,17-25,32H,1,9-13H2,2-3H3/t17-,18+,19-,20-,21+,22+,23+,24+,25+,27+,28+,29+/m0/s1. The predicted octanol–water partition coefficient (Wildman–Crippen LogP) is 3.20. The summed E-state index contributed by atoms with van der Waals surface area (Å²) >= 11 is 0. The van der Waals surface area contributed by atoms with Crippen molar-refractivity contribution >= 4 is 11.9 Å². The molecule has 1 N–H and O–H groups in total. The molecule has 6 heteroatoms. The van der Waals surface area contributed by atoms with Gasteiger partial charge in [0, 0.05) is 36.4 Å². The lowest BCUT2D eigenvalue weighted by Gasteiger charge is -2.66. The first-order valence-corrected chi connectivity index (χ1v) is 13.3. The number of ether oxygens (including phenoxy) is 2. The van der Waals surface area contributed by atoms with Gasteiger partial charge in [0.15, 0.2) is 0 Å². The van der Waals surface area contributed by atoms with E-state index in [1.165, 1.54) is 6.92 Å². The predicted molar refractivity (Wildman–Crippen MR) is 126 cm³/mol. The zero-order valence-corrected chi connectivity index (χ0v) is 20.4. The zero-order valence-electron chi connectivity index (χ0n) is 20.4. The highest BCUT2D eigenvalue weighted by molar-refractivity contribution is 5.89. The first kappa shape index (κ1) is 21.0. The Labute approximate surface area is 205 Å². The van der Waals surface area contributed by atoms with E-state index in [0.29, 0.717) is 35.8 Å². The molecular formula is C29H33NO5. The van der Waals surface area contributed by atoms with E-state index in [4.69, 9.17) is 9.47 Å². The number of nitrogens with zero attached hydrogens (tertiary/aromatic N) is 1. The van der Waals surface area contributed by atoms with Crippen LogP contribution < -0.4 is 0 Å². The van der Waals surface area contributed by atoms with Crippen molar-refractivity contribution in [2.45, 2.75) is 69.9 Å². The number of hydrogen-bond donors (Lipinski definition) is 1. The van der Waals surface area contributed by atoms with Gasteiger partial charge >= 0.3 is 11.9 Å². The molecule has 0 aromatic heterocycles. The summed E-state index contributed by atoms with van der Waals surface area (Å²) in [6, 6.07) is 9.79. The first-order chi connectivity index (χ1) is 16.7. The van der Waals surface area contributed by atoms with Crippen molar-refractivity contribution in [3.8, 4) is 0 Å². The van der Waals surface area contributed by atoms with Crippen LogP contribution in [0, 0.1) is 39.9 Å². The third-order valence-electron chi connectivity index (χ3n) is 11.9. The zero-order chi connectivity index (χ0) is 24.1. The topological polar surface area (TPSA) is 76.1 Å². The number of carbonyl (C=O) groups is 2. The maximum absolute atomic E-state index is 13.2. The van der Waals surface area contributed by atoms with Crippen LogP contribution in [0.4, 0.5) is 0 Å². The SMILES string of the molecule is C=C1[C@H]2C[C@@H]3[C@H]4N5C[C@@]6(C)C[C@H](OC(=O)c7ccccc7)[C@@H](OC(C)=O)[C@]47[C@@H]6[C@@H]5C[C@]3([C@@H]1O)[C@H]7C2. The second-order valence-corrected chi connectivity index (χ2v) is 13.0. The third-order valence-corrected chi connectivity index (χ3v) is 11.9. The Morgan fingerprint density at radius 1 is 1.14 bits per heavy atom. The molecule has 6 aliphatic carbocycles. The summed E-state index contributed by atoms with van der Waals surface area (Å²) in [6.07, 6.45) is 2.38. The number of aliphatic hydroxyl groups excluding tert-OH is 1. The molecule has 6 saturated carbocycles. The Morgan fingerprint density at radius 2 is 1.91 bits per heavy atom. The van der Waals surface area contributed by atoms with Gasteiger partial charge in [0.25, 0.3) is 0 Å². The monoisotopic (exact) mass is 475 g/mol. The Morgan fingerprint density at radius 3 is 2.66 bits per heavy atom. The Bertz CT molecular complexity index is 1180. The van der Waals surface area contributed by atoms with E-state index in [1.807, 2.05) is 18.2 Å². The van der Waals surface area contributed by atoms with E-state index in [9.17, 15) is 14.7 Å². The molecule has 3 heterocycles. The fraction of sp³-hybridized carbons (Fsp3) is 0.655. The van der Waals surface area contributed by atoms with E-state index in [0.717, 1.165) is 31.4 Å². The number of piperidine rings is 2. The second-order valence-electron chi connectivity index (χ2n) is 13.0. The third kappa shape index (κ3) is 2.07. The van der Waals surface area contributed by atoms with Crippen LogP contribution in [-0.2, 0) is 14.3 Å². The van der Waals surface area contributed by atoms with Gasteiger partial charge in [-0.15, -0.1) is 0 Å². The highest BCUT2D eigenvalue weighted by Crippen LogP contribution is 2.87. The minimum Gasteiger partial charge on any atom is -0.458 e. The highest BCUT2D eigenvalue weighted by Gasteiger charge is 2.91. The fourth-order valence-electron chi connectivity index (χ4n) is 11.6. The molecule has 2 spiro atoms. The summed E-state index contributed by atoms with van der Waals surface area (Å²) in [5.41, 5.74) is 1.09. The average Bonchev–Trinajstić information content (AvgIpc) is 3.24. The molecule has 13 atom stereocenters. The van der Waals surface area contributed by atoms with Crippen molar-refractivity contribution in [1.82, 2.24) is 4.90 Å². The van der Waals surface area contributed by atoms with Gasteiger partial charge < -0.3 is 14.6 Å². The smallest absolute Gasteiger partial charge is 0.338 e. The molecule has 35 heavy (non-hydrogen) atoms. The molecule has 6 nitrogen and oxygen atoms in total. The minimum absolute atomic E-state index is 0.000253. The van der Waals surface area contributed by atoms with Crippen molar-refractivity contribution < 1.29 is 24.2 Å². The van der Waals surface area contributed by atoms with Gasteiger partial charge in [-0.2, -0.15) is 0 Å². The molecular weight excluding hydrogens is 442 g/mol. The summed E-state index contributed by atoms with van der Waals surface area (Å²) in [6.45, 7) is 9.18. The number of rotatable bonds is 3. The van der Waals surface area contributed by atoms with E-state index in [2.05, 4.69) is 18.4 Å². The minimum atomic E-state index is -0.482. The van der Waals surface area contributed by atoms with Gasteiger partial charge in [-0.25, -0.2) is 4.79 Å². The molecule has 3 aliphatic heterocycles. The van der Waals surface area contributed by atoms with Gasteiger partial charge in [0.05, 0.1) is 11.7 Å². The Kier molecular flexibility index (Phi) is 3.71. The average molecular weight is 476 g/mol. The lowest BCUT2D eigenvalue weighted by molar-refractivity contribution is -0.234. The fourth-order valence-corrected chi connectivity index (χ4v) is 11.6. The van der Waals surface area contributed by atoms with Crippen molar-refractivity contribution in [2.75, 3.05) is 6.54 Å². The number of esters is 2. The largest absolute Gasteiger partial charge is 0.458 e. The number of aliphatic hydroxyl groups is 1. The van der Waals surface area contributed by atoms with Crippen LogP contribution in [0.2, 0.25) is 0 Å². The Balaban J connectivity index is 1.29. The number of fused-ring (bicyclic) bond motifs is 1. The molecule has 9 aliphatic rings. The molecule has 184 valence electrons. The molecule has 0 amide bonds. The van der Waals surface area contributed by atoms with Crippen molar-refractivity contribution in [3.05, 3.63) is 48.0 Å². The quantitative estimate of drug-likeness (QED) is 0.535. The highest BCUT2D eigenvalue weighted by atomic mass is 16.6. The first-order valence-electron chi connectivity index (χ1n) is 13.3. The van der Waals surface area contributed by atoms with E-state index >= 15 is 0 Å². The number of benzene rings is 1. The van der Waals surface area contributed by atoms with E-state index < -0.39 is 18.3 Å². The van der Waals surface area contributed by atoms with Crippen LogP contribution in [0.1, 0.15) is 49.9 Å². The van der Waals surface area contributed by atoms with Crippen molar-refractivity contribution in [3.63, 3.8) is 0 Å². The molecule has 3 saturated heterocycles. The summed E-state index contributed by atoms with van der Waals surface area (Å²) in [5.74, 6) is 0.716. The summed E-state index contributed by atoms with van der Waals surface area (Å²) in [4.78, 5) is 28.6. The number of carbonyl (C=O) groups excluding carboxylic acids is 2. The molecule has 1 aromatic rings. The maximum atomic E-state index is 13.2. The molecule has 1 unspecified atom stereocenters. The van der Waals surface area contributed by atoms with Crippen LogP contribution in [0.5, 0.6) is 0 Å². The lowest BCUT2D eigenvalue weighted by Crippen LogP contribution is -2.69. The van der Waals surface area contributed by atoms with Crippen LogP contribution in [0.3, 0.4) is 0 Å². The van der Waals surface area contributed by atoms with E-state index in [1.54, 1.807) is 12.1 Å². The van der Waals surface area contributed by atoms with Gasteiger partial charge in [0.2, 0.25) is 0 Å². The summed E-state index contributed by atoms with van der Waals surface area (Å²) in [5, 5.41) is 11.7.